The molecule has 0 bridgehead atoms. The van der Waals surface area contributed by atoms with Crippen LogP contribution in [-0.2, 0) is 9.59 Å². The Kier molecular flexibility index (Phi) is 3.76. The third-order valence-corrected chi connectivity index (χ3v) is 2.63. The smallest absolute Gasteiger partial charge is 0.240 e. The van der Waals surface area contributed by atoms with E-state index in [4.69, 9.17) is 0 Å². The number of alkyl halides is 1. The molecule has 1 saturated heterocycles. The molecule has 0 aliphatic carbocycles. The molecule has 1 unspecified atom stereocenters. The molecule has 5 heteroatoms. The Labute approximate surface area is 98.5 Å². The average Bonchev–Trinajstić information content (AvgIpc) is 2.25. The van der Waals surface area contributed by atoms with Crippen LogP contribution in [0.2, 0.25) is 0 Å². The zero-order valence-electron chi connectivity index (χ0n) is 9.34. The minimum atomic E-state index is -0.242. The summed E-state index contributed by atoms with van der Waals surface area (Å²) in [4.78, 5) is 24.7. The summed E-state index contributed by atoms with van der Waals surface area (Å²) in [6.45, 7) is 6.55. The van der Waals surface area contributed by atoms with E-state index in [1.54, 1.807) is 4.90 Å². The highest BCUT2D eigenvalue weighted by Crippen LogP contribution is 2.17. The van der Waals surface area contributed by atoms with Crippen LogP contribution < -0.4 is 5.32 Å². The third-order valence-electron chi connectivity index (χ3n) is 2.02. The maximum atomic E-state index is 11.5. The molecule has 1 atom stereocenters. The highest BCUT2D eigenvalue weighted by atomic mass is 79.9. The van der Waals surface area contributed by atoms with Crippen LogP contribution in [0, 0.1) is 0 Å². The van der Waals surface area contributed by atoms with Gasteiger partial charge in [-0.1, -0.05) is 15.9 Å². The zero-order valence-corrected chi connectivity index (χ0v) is 10.9. The normalized spacial score (nSPS) is 22.0. The van der Waals surface area contributed by atoms with Gasteiger partial charge < -0.3 is 10.2 Å². The van der Waals surface area contributed by atoms with Gasteiger partial charge in [0, 0.05) is 23.3 Å². The van der Waals surface area contributed by atoms with Gasteiger partial charge in [-0.05, 0) is 20.8 Å². The first kappa shape index (κ1) is 12.5. The molecule has 1 N–H and O–H groups in total. The van der Waals surface area contributed by atoms with Crippen LogP contribution in [0.15, 0.2) is 0 Å². The van der Waals surface area contributed by atoms with Crippen molar-refractivity contribution in [2.75, 3.05) is 13.1 Å². The van der Waals surface area contributed by atoms with E-state index in [-0.39, 0.29) is 28.7 Å². The fourth-order valence-electron chi connectivity index (χ4n) is 1.51. The summed E-state index contributed by atoms with van der Waals surface area (Å²) in [5, 5.41) is 2.83. The van der Waals surface area contributed by atoms with E-state index in [1.807, 2.05) is 20.8 Å². The molecule has 0 aromatic rings. The fourth-order valence-corrected chi connectivity index (χ4v) is 2.13. The quantitative estimate of drug-likeness (QED) is 0.762. The third kappa shape index (κ3) is 4.20. The number of nitrogens with zero attached hydrogens (tertiary/aromatic N) is 1. The van der Waals surface area contributed by atoms with Crippen molar-refractivity contribution >= 4 is 27.7 Å². The molecule has 86 valence electrons. The van der Waals surface area contributed by atoms with Crippen molar-refractivity contribution in [3.8, 4) is 0 Å². The number of carbonyl (C=O) groups excluding carboxylic acids is 2. The van der Waals surface area contributed by atoms with Gasteiger partial charge in [0.05, 0.1) is 6.54 Å². The first-order chi connectivity index (χ1) is 6.78. The van der Waals surface area contributed by atoms with Crippen LogP contribution in [-0.4, -0.2) is 40.2 Å². The molecule has 0 aromatic carbocycles. The molecule has 0 aromatic heterocycles. The first-order valence-corrected chi connectivity index (χ1v) is 5.92. The number of nitrogens with one attached hydrogen (secondary N) is 1. The number of rotatable bonds is 2. The molecular weight excluding hydrogens is 260 g/mol. The van der Waals surface area contributed by atoms with Crippen molar-refractivity contribution < 1.29 is 9.59 Å². The molecule has 0 spiro atoms. The van der Waals surface area contributed by atoms with Crippen LogP contribution in [0.3, 0.4) is 0 Å². The second kappa shape index (κ2) is 4.51. The van der Waals surface area contributed by atoms with E-state index in [0.29, 0.717) is 13.0 Å². The Morgan fingerprint density at radius 1 is 1.60 bits per heavy atom. The number of carbonyl (C=O) groups is 2. The topological polar surface area (TPSA) is 49.4 Å². The molecule has 4 nitrogen and oxygen atoms in total. The molecular formula is C10H17BrN2O2. The minimum Gasteiger partial charge on any atom is -0.350 e. The zero-order chi connectivity index (χ0) is 11.6. The Morgan fingerprint density at radius 3 is 2.60 bits per heavy atom. The van der Waals surface area contributed by atoms with E-state index in [0.717, 1.165) is 0 Å². The molecule has 0 saturated carbocycles. The van der Waals surface area contributed by atoms with Crippen molar-refractivity contribution in [3.05, 3.63) is 0 Å². The number of halogens is 1. The predicted octanol–water partition coefficient (Wildman–Crippen LogP) is 0.897. The molecule has 1 heterocycles. The Bertz CT molecular complexity index is 273. The molecule has 1 rings (SSSR count). The van der Waals surface area contributed by atoms with Gasteiger partial charge in [-0.3, -0.25) is 9.59 Å². The van der Waals surface area contributed by atoms with E-state index < -0.39 is 0 Å². The molecule has 0 radical (unpaired) electrons. The van der Waals surface area contributed by atoms with Gasteiger partial charge >= 0.3 is 0 Å². The maximum absolute atomic E-state index is 11.5. The summed E-state index contributed by atoms with van der Waals surface area (Å²) in [5.74, 6) is -0.0571. The maximum Gasteiger partial charge on any atom is 0.240 e. The van der Waals surface area contributed by atoms with Crippen LogP contribution in [0.4, 0.5) is 0 Å². The Hall–Kier alpha value is -0.580. The van der Waals surface area contributed by atoms with Gasteiger partial charge in [0.1, 0.15) is 0 Å². The van der Waals surface area contributed by atoms with Gasteiger partial charge in [-0.15, -0.1) is 0 Å². The van der Waals surface area contributed by atoms with Gasteiger partial charge in [0.25, 0.3) is 0 Å². The van der Waals surface area contributed by atoms with Crippen molar-refractivity contribution in [2.45, 2.75) is 37.6 Å². The highest BCUT2D eigenvalue weighted by molar-refractivity contribution is 9.09. The van der Waals surface area contributed by atoms with Gasteiger partial charge in [-0.25, -0.2) is 0 Å². The van der Waals surface area contributed by atoms with Gasteiger partial charge in [0.2, 0.25) is 11.8 Å². The highest BCUT2D eigenvalue weighted by Gasteiger charge is 2.29. The second-order valence-electron chi connectivity index (χ2n) is 4.87. The van der Waals surface area contributed by atoms with E-state index in [2.05, 4.69) is 21.2 Å². The van der Waals surface area contributed by atoms with Crippen molar-refractivity contribution in [1.29, 1.82) is 0 Å². The monoisotopic (exact) mass is 276 g/mol. The van der Waals surface area contributed by atoms with Crippen LogP contribution in [0.1, 0.15) is 27.2 Å². The number of hydrogen-bond acceptors (Lipinski definition) is 2. The Balaban J connectivity index is 2.42. The van der Waals surface area contributed by atoms with E-state index in [9.17, 15) is 9.59 Å². The number of likely N-dealkylation sites (tertiary alicyclic amines) is 1. The van der Waals surface area contributed by atoms with E-state index >= 15 is 0 Å². The van der Waals surface area contributed by atoms with Crippen molar-refractivity contribution in [2.24, 2.45) is 0 Å². The summed E-state index contributed by atoms with van der Waals surface area (Å²) < 4.78 is 0. The number of hydrogen-bond donors (Lipinski definition) is 1. The lowest BCUT2D eigenvalue weighted by Crippen LogP contribution is -2.46. The van der Waals surface area contributed by atoms with Crippen LogP contribution in [0.5, 0.6) is 0 Å². The lowest BCUT2D eigenvalue weighted by molar-refractivity contribution is -0.133. The second-order valence-corrected chi connectivity index (χ2v) is 6.17. The van der Waals surface area contributed by atoms with Crippen LogP contribution >= 0.6 is 15.9 Å². The SMILES string of the molecule is CC(C)(C)NC(=O)CN1CC(Br)CC1=O. The standard InChI is InChI=1S/C10H17BrN2O2/c1-10(2,3)12-8(14)6-13-5-7(11)4-9(13)15/h7H,4-6H2,1-3H3,(H,12,14). The minimum absolute atomic E-state index is 0.0425. The van der Waals surface area contributed by atoms with Crippen molar-refractivity contribution in [3.63, 3.8) is 0 Å². The summed E-state index contributed by atoms with van der Waals surface area (Å²) >= 11 is 3.38. The molecule has 1 fully saturated rings. The van der Waals surface area contributed by atoms with Gasteiger partial charge in [-0.2, -0.15) is 0 Å². The molecule has 2 amide bonds. The lowest BCUT2D eigenvalue weighted by Gasteiger charge is -2.23. The average molecular weight is 277 g/mol. The lowest BCUT2D eigenvalue weighted by atomic mass is 10.1. The molecule has 1 aliphatic heterocycles. The summed E-state index contributed by atoms with van der Waals surface area (Å²) in [7, 11) is 0. The van der Waals surface area contributed by atoms with Gasteiger partial charge in [0.15, 0.2) is 0 Å². The molecule has 15 heavy (non-hydrogen) atoms. The number of amides is 2. The predicted molar refractivity (Wildman–Crippen MR) is 61.8 cm³/mol. The summed E-state index contributed by atoms with van der Waals surface area (Å²) in [6.07, 6.45) is 0.489. The van der Waals surface area contributed by atoms with E-state index in [1.165, 1.54) is 0 Å². The Morgan fingerprint density at radius 2 is 2.20 bits per heavy atom. The molecule has 1 aliphatic rings. The summed E-state index contributed by atoms with van der Waals surface area (Å²) in [6, 6.07) is 0. The summed E-state index contributed by atoms with van der Waals surface area (Å²) in [5.41, 5.74) is -0.242. The fraction of sp³-hybridized carbons (Fsp3) is 0.800. The van der Waals surface area contributed by atoms with Crippen molar-refractivity contribution in [1.82, 2.24) is 10.2 Å². The first-order valence-electron chi connectivity index (χ1n) is 5.01. The largest absolute Gasteiger partial charge is 0.350 e. The van der Waals surface area contributed by atoms with Crippen LogP contribution in [0.25, 0.3) is 0 Å².